The maximum atomic E-state index is 11.7. The van der Waals surface area contributed by atoms with Gasteiger partial charge in [0.1, 0.15) is 11.3 Å². The van der Waals surface area contributed by atoms with Crippen LogP contribution in [0.25, 0.3) is 22.2 Å². The summed E-state index contributed by atoms with van der Waals surface area (Å²) in [5, 5.41) is 11.4. The number of fused-ring (bicyclic) bond motifs is 5. The predicted octanol–water partition coefficient (Wildman–Crippen LogP) is 4.19. The van der Waals surface area contributed by atoms with E-state index in [4.69, 9.17) is 4.74 Å². The van der Waals surface area contributed by atoms with E-state index in [2.05, 4.69) is 33.0 Å². The number of aryl methyl sites for hydroxylation is 2. The Bertz CT molecular complexity index is 959. The van der Waals surface area contributed by atoms with Gasteiger partial charge in [0, 0.05) is 20.9 Å². The van der Waals surface area contributed by atoms with Crippen LogP contribution in [0.4, 0.5) is 0 Å². The number of aromatic hydroxyl groups is 1. The van der Waals surface area contributed by atoms with Crippen LogP contribution in [0.1, 0.15) is 21.5 Å². The van der Waals surface area contributed by atoms with Gasteiger partial charge >= 0.3 is 5.97 Å². The van der Waals surface area contributed by atoms with E-state index < -0.39 is 5.97 Å². The zero-order valence-electron chi connectivity index (χ0n) is 12.4. The van der Waals surface area contributed by atoms with Crippen LogP contribution in [0.5, 0.6) is 5.75 Å². The zero-order valence-corrected chi connectivity index (χ0v) is 14.0. The molecule has 0 saturated carbocycles. The fraction of sp³-hybridized carbons (Fsp3) is 0.167. The molecular formula is C18H14BrNO3. The molecule has 0 atom stereocenters. The lowest BCUT2D eigenvalue weighted by molar-refractivity contribution is 0.0597. The van der Waals surface area contributed by atoms with E-state index in [-0.39, 0.29) is 11.3 Å². The summed E-state index contributed by atoms with van der Waals surface area (Å²) in [4.78, 5) is 15.2. The van der Waals surface area contributed by atoms with Crippen LogP contribution in [0, 0.1) is 0 Å². The topological polar surface area (TPSA) is 62.3 Å². The highest BCUT2D eigenvalue weighted by atomic mass is 79.9. The smallest absolute Gasteiger partial charge is 0.341 e. The number of aromatic nitrogens is 1. The van der Waals surface area contributed by atoms with Crippen molar-refractivity contribution < 1.29 is 14.6 Å². The molecule has 116 valence electrons. The number of nitrogens with one attached hydrogen (secondary N) is 1. The molecule has 4 nitrogen and oxygen atoms in total. The Morgan fingerprint density at radius 2 is 2.09 bits per heavy atom. The van der Waals surface area contributed by atoms with Gasteiger partial charge in [0.2, 0.25) is 0 Å². The highest BCUT2D eigenvalue weighted by molar-refractivity contribution is 9.10. The normalized spacial score (nSPS) is 12.8. The summed E-state index contributed by atoms with van der Waals surface area (Å²) >= 11 is 3.49. The first-order valence-corrected chi connectivity index (χ1v) is 8.12. The third-order valence-electron chi connectivity index (χ3n) is 4.41. The molecule has 0 unspecified atom stereocenters. The molecule has 1 aromatic heterocycles. The molecule has 1 aliphatic carbocycles. The molecule has 2 aromatic carbocycles. The average molecular weight is 372 g/mol. The van der Waals surface area contributed by atoms with Crippen LogP contribution >= 0.6 is 15.9 Å². The van der Waals surface area contributed by atoms with Crippen molar-refractivity contribution in [3.63, 3.8) is 0 Å². The van der Waals surface area contributed by atoms with Gasteiger partial charge in [-0.25, -0.2) is 4.79 Å². The van der Waals surface area contributed by atoms with Crippen LogP contribution in [0.15, 0.2) is 34.8 Å². The molecule has 4 rings (SSSR count). The first-order valence-electron chi connectivity index (χ1n) is 7.33. The molecule has 23 heavy (non-hydrogen) atoms. The van der Waals surface area contributed by atoms with Crippen molar-refractivity contribution in [3.8, 4) is 17.0 Å². The summed E-state index contributed by atoms with van der Waals surface area (Å²) in [6.07, 6.45) is 1.73. The summed E-state index contributed by atoms with van der Waals surface area (Å²) in [6.45, 7) is 0. The van der Waals surface area contributed by atoms with Gasteiger partial charge in [-0.2, -0.15) is 0 Å². The Labute approximate surface area is 141 Å². The van der Waals surface area contributed by atoms with Crippen molar-refractivity contribution in [2.75, 3.05) is 7.11 Å². The number of hydrogen-bond acceptors (Lipinski definition) is 3. The van der Waals surface area contributed by atoms with Gasteiger partial charge in [-0.05, 0) is 48.2 Å². The Morgan fingerprint density at radius 1 is 1.26 bits per heavy atom. The molecule has 0 spiro atoms. The number of carbonyl (C=O) groups excluding carboxylic acids is 1. The first kappa shape index (κ1) is 14.3. The predicted molar refractivity (Wildman–Crippen MR) is 91.8 cm³/mol. The highest BCUT2D eigenvalue weighted by Gasteiger charge is 2.24. The van der Waals surface area contributed by atoms with Gasteiger partial charge in [-0.1, -0.05) is 22.0 Å². The Balaban J connectivity index is 1.94. The summed E-state index contributed by atoms with van der Waals surface area (Å²) in [7, 11) is 1.31. The number of phenolic OH excluding ortho intramolecular Hbond substituents is 1. The van der Waals surface area contributed by atoms with E-state index >= 15 is 0 Å². The van der Waals surface area contributed by atoms with Gasteiger partial charge in [-0.15, -0.1) is 0 Å². The third kappa shape index (κ3) is 2.15. The minimum atomic E-state index is -0.517. The summed E-state index contributed by atoms with van der Waals surface area (Å²) in [6, 6.07) is 9.58. The van der Waals surface area contributed by atoms with Gasteiger partial charge in [0.15, 0.2) is 0 Å². The number of ether oxygens (including phenoxy) is 1. The van der Waals surface area contributed by atoms with Crippen LogP contribution in [-0.2, 0) is 17.6 Å². The highest BCUT2D eigenvalue weighted by Crippen LogP contribution is 2.40. The second kappa shape index (κ2) is 5.13. The molecule has 2 N–H and O–H groups in total. The number of H-pyrrole nitrogens is 1. The molecule has 5 heteroatoms. The number of methoxy groups -OCH3 is 1. The number of esters is 1. The zero-order chi connectivity index (χ0) is 16.1. The van der Waals surface area contributed by atoms with Gasteiger partial charge in [-0.3, -0.25) is 0 Å². The van der Waals surface area contributed by atoms with Crippen LogP contribution < -0.4 is 0 Å². The van der Waals surface area contributed by atoms with Crippen molar-refractivity contribution in [1.29, 1.82) is 0 Å². The average Bonchev–Trinajstić information content (AvgIpc) is 2.91. The summed E-state index contributed by atoms with van der Waals surface area (Å²) < 4.78 is 5.75. The summed E-state index contributed by atoms with van der Waals surface area (Å²) in [5.74, 6) is -0.569. The quantitative estimate of drug-likeness (QED) is 0.630. The SMILES string of the molecule is COC(=O)c1cc2c(cc1O)-c1[nH]c3cc(Br)ccc3c1CC2. The Hall–Kier alpha value is -2.27. The Morgan fingerprint density at radius 3 is 2.87 bits per heavy atom. The molecule has 3 aromatic rings. The monoisotopic (exact) mass is 371 g/mol. The number of aromatic amines is 1. The number of benzene rings is 2. The van der Waals surface area contributed by atoms with Crippen molar-refractivity contribution in [2.45, 2.75) is 12.8 Å². The maximum absolute atomic E-state index is 11.7. The molecule has 0 fully saturated rings. The largest absolute Gasteiger partial charge is 0.507 e. The molecular weight excluding hydrogens is 358 g/mol. The van der Waals surface area contributed by atoms with Crippen molar-refractivity contribution in [3.05, 3.63) is 51.5 Å². The standard InChI is InChI=1S/C18H14BrNO3/c1-23-18(22)14-6-9-2-4-12-11-5-3-10(19)7-15(11)20-17(12)13(9)8-16(14)21/h3,5-8,20-21H,2,4H2,1H3. The molecule has 0 saturated heterocycles. The molecule has 1 heterocycles. The van der Waals surface area contributed by atoms with E-state index in [1.54, 1.807) is 12.1 Å². The van der Waals surface area contributed by atoms with Crippen LogP contribution in [0.3, 0.4) is 0 Å². The maximum Gasteiger partial charge on any atom is 0.341 e. The minimum absolute atomic E-state index is 0.0525. The number of hydrogen-bond donors (Lipinski definition) is 2. The lowest BCUT2D eigenvalue weighted by atomic mass is 9.87. The lowest BCUT2D eigenvalue weighted by Crippen LogP contribution is -2.07. The Kier molecular flexibility index (Phi) is 3.20. The molecule has 1 aliphatic rings. The van der Waals surface area contributed by atoms with Crippen LogP contribution in [0.2, 0.25) is 0 Å². The minimum Gasteiger partial charge on any atom is -0.507 e. The fourth-order valence-corrected chi connectivity index (χ4v) is 3.68. The van der Waals surface area contributed by atoms with Crippen molar-refractivity contribution in [1.82, 2.24) is 4.98 Å². The lowest BCUT2D eigenvalue weighted by Gasteiger charge is -2.18. The van der Waals surface area contributed by atoms with Crippen LogP contribution in [-0.4, -0.2) is 23.2 Å². The number of rotatable bonds is 1. The third-order valence-corrected chi connectivity index (χ3v) is 4.90. The van der Waals surface area contributed by atoms with E-state index in [1.165, 1.54) is 18.1 Å². The molecule has 0 amide bonds. The number of phenols is 1. The molecule has 0 aliphatic heterocycles. The summed E-state index contributed by atoms with van der Waals surface area (Å²) in [5.41, 5.74) is 5.55. The van der Waals surface area contributed by atoms with Crippen molar-refractivity contribution >= 4 is 32.8 Å². The fourth-order valence-electron chi connectivity index (χ4n) is 3.32. The van der Waals surface area contributed by atoms with E-state index in [1.807, 2.05) is 6.07 Å². The van der Waals surface area contributed by atoms with E-state index in [0.717, 1.165) is 39.7 Å². The van der Waals surface area contributed by atoms with Gasteiger partial charge in [0.05, 0.1) is 12.8 Å². The number of carbonyl (C=O) groups is 1. The molecule has 0 bridgehead atoms. The first-order chi connectivity index (χ1) is 11.1. The number of halogens is 1. The van der Waals surface area contributed by atoms with Crippen molar-refractivity contribution in [2.24, 2.45) is 0 Å². The molecule has 0 radical (unpaired) electrons. The second-order valence-corrected chi connectivity index (χ2v) is 6.60. The second-order valence-electron chi connectivity index (χ2n) is 5.69. The van der Waals surface area contributed by atoms with Gasteiger partial charge in [0.25, 0.3) is 0 Å². The van der Waals surface area contributed by atoms with Gasteiger partial charge < -0.3 is 14.8 Å². The van der Waals surface area contributed by atoms with E-state index in [9.17, 15) is 9.90 Å². The van der Waals surface area contributed by atoms with E-state index in [0.29, 0.717) is 0 Å².